The predicted octanol–water partition coefficient (Wildman–Crippen LogP) is 4.75. The average Bonchev–Trinajstić information content (AvgIpc) is 2.88. The maximum Gasteiger partial charge on any atom is 0.303 e. The van der Waals surface area contributed by atoms with Crippen LogP contribution in [0.3, 0.4) is 0 Å². The quantitative estimate of drug-likeness (QED) is 0.795. The molecule has 0 radical (unpaired) electrons. The molecular formula is C22H25FO4. The minimum absolute atomic E-state index is 0.103. The fourth-order valence-electron chi connectivity index (χ4n) is 3.52. The highest BCUT2D eigenvalue weighted by molar-refractivity contribution is 5.67. The summed E-state index contributed by atoms with van der Waals surface area (Å²) in [5, 5.41) is 8.87. The molecule has 1 heterocycles. The first-order valence-corrected chi connectivity index (χ1v) is 9.10. The van der Waals surface area contributed by atoms with Crippen molar-refractivity contribution in [1.29, 1.82) is 0 Å². The fraction of sp³-hybridized carbons (Fsp3) is 0.409. The Hall–Kier alpha value is -2.56. The van der Waals surface area contributed by atoms with Gasteiger partial charge in [0.05, 0.1) is 0 Å². The number of halogens is 1. The summed E-state index contributed by atoms with van der Waals surface area (Å²) in [5.74, 6) is 0.178. The lowest BCUT2D eigenvalue weighted by Gasteiger charge is -2.16. The summed E-state index contributed by atoms with van der Waals surface area (Å²) in [7, 11) is 0. The molecule has 0 saturated heterocycles. The van der Waals surface area contributed by atoms with Crippen molar-refractivity contribution in [2.24, 2.45) is 0 Å². The molecule has 0 fully saturated rings. The average molecular weight is 372 g/mol. The number of hydrogen-bond donors (Lipinski definition) is 1. The Morgan fingerprint density at radius 3 is 2.67 bits per heavy atom. The molecule has 1 aliphatic rings. The van der Waals surface area contributed by atoms with E-state index in [0.29, 0.717) is 18.6 Å². The predicted molar refractivity (Wildman–Crippen MR) is 101 cm³/mol. The van der Waals surface area contributed by atoms with Crippen molar-refractivity contribution in [2.45, 2.75) is 59.2 Å². The number of carbonyl (C=O) groups is 1. The zero-order chi connectivity index (χ0) is 19.8. The first-order valence-electron chi connectivity index (χ1n) is 9.10. The van der Waals surface area contributed by atoms with Crippen molar-refractivity contribution in [3.05, 3.63) is 57.9 Å². The van der Waals surface area contributed by atoms with Crippen molar-refractivity contribution in [3.63, 3.8) is 0 Å². The molecule has 1 aliphatic heterocycles. The van der Waals surface area contributed by atoms with Gasteiger partial charge in [-0.15, -0.1) is 0 Å². The zero-order valence-electron chi connectivity index (χ0n) is 16.2. The monoisotopic (exact) mass is 372 g/mol. The van der Waals surface area contributed by atoms with Gasteiger partial charge in [0.25, 0.3) is 0 Å². The van der Waals surface area contributed by atoms with Crippen LogP contribution >= 0.6 is 0 Å². The van der Waals surface area contributed by atoms with Gasteiger partial charge in [0, 0.05) is 24.5 Å². The van der Waals surface area contributed by atoms with Crippen LogP contribution in [0.15, 0.2) is 24.3 Å². The third kappa shape index (κ3) is 4.24. The van der Waals surface area contributed by atoms with Gasteiger partial charge in [-0.1, -0.05) is 6.07 Å². The van der Waals surface area contributed by atoms with Gasteiger partial charge < -0.3 is 14.6 Å². The Morgan fingerprint density at radius 2 is 1.96 bits per heavy atom. The molecule has 4 nitrogen and oxygen atoms in total. The number of carboxylic acids is 1. The number of ether oxygens (including phenoxy) is 2. The van der Waals surface area contributed by atoms with Gasteiger partial charge in [0.1, 0.15) is 29.5 Å². The molecule has 1 N–H and O–H groups in total. The van der Waals surface area contributed by atoms with E-state index in [0.717, 1.165) is 33.6 Å². The Kier molecular flexibility index (Phi) is 5.13. The zero-order valence-corrected chi connectivity index (χ0v) is 16.2. The molecule has 0 amide bonds. The molecule has 5 heteroatoms. The number of carboxylic acid groups (broad SMARTS) is 1. The summed E-state index contributed by atoms with van der Waals surface area (Å²) in [6, 6.07) is 6.70. The highest BCUT2D eigenvalue weighted by Gasteiger charge is 2.32. The molecule has 2 aromatic carbocycles. The lowest BCUT2D eigenvalue weighted by atomic mass is 9.97. The van der Waals surface area contributed by atoms with E-state index in [1.54, 1.807) is 0 Å². The first-order chi connectivity index (χ1) is 12.7. The van der Waals surface area contributed by atoms with Crippen LogP contribution in [0, 0.1) is 19.7 Å². The van der Waals surface area contributed by atoms with Crippen molar-refractivity contribution in [2.75, 3.05) is 0 Å². The van der Waals surface area contributed by atoms with Crippen LogP contribution in [0.1, 0.15) is 48.1 Å². The van der Waals surface area contributed by atoms with E-state index in [-0.39, 0.29) is 24.4 Å². The Balaban J connectivity index is 1.79. The molecular weight excluding hydrogens is 347 g/mol. The number of benzene rings is 2. The molecule has 2 aromatic rings. The van der Waals surface area contributed by atoms with Crippen molar-refractivity contribution in [1.82, 2.24) is 0 Å². The molecule has 0 bridgehead atoms. The number of hydrogen-bond acceptors (Lipinski definition) is 3. The summed E-state index contributed by atoms with van der Waals surface area (Å²) < 4.78 is 25.8. The molecule has 0 atom stereocenters. The fourth-order valence-corrected chi connectivity index (χ4v) is 3.52. The standard InChI is InChI=1S/C22H25FO4/c1-13-14(2)19(7-5-15(13)6-8-21(24)25)26-12-16-9-17(23)10-20-18(16)11-22(3,4)27-20/h5,7,9-10H,6,8,11-12H2,1-4H3,(H,24,25). The van der Waals surface area contributed by atoms with Crippen molar-refractivity contribution >= 4 is 5.97 Å². The molecule has 0 saturated carbocycles. The van der Waals surface area contributed by atoms with Crippen LogP contribution < -0.4 is 9.47 Å². The van der Waals surface area contributed by atoms with Gasteiger partial charge in [-0.05, 0) is 68.5 Å². The Morgan fingerprint density at radius 1 is 1.22 bits per heavy atom. The van der Waals surface area contributed by atoms with Crippen LogP contribution in [0.25, 0.3) is 0 Å². The molecule has 3 rings (SSSR count). The first kappa shape index (κ1) is 19.2. The molecule has 0 spiro atoms. The lowest BCUT2D eigenvalue weighted by Crippen LogP contribution is -2.24. The van der Waals surface area contributed by atoms with Gasteiger partial charge in [-0.2, -0.15) is 0 Å². The third-order valence-corrected chi connectivity index (χ3v) is 5.10. The lowest BCUT2D eigenvalue weighted by molar-refractivity contribution is -0.136. The SMILES string of the molecule is Cc1c(CCC(=O)O)ccc(OCc2cc(F)cc3c2CC(C)(C)O3)c1C. The van der Waals surface area contributed by atoms with Crippen molar-refractivity contribution < 1.29 is 23.8 Å². The van der Waals surface area contributed by atoms with E-state index in [1.165, 1.54) is 12.1 Å². The third-order valence-electron chi connectivity index (χ3n) is 5.10. The van der Waals surface area contributed by atoms with E-state index in [9.17, 15) is 9.18 Å². The Labute approximate surface area is 158 Å². The highest BCUT2D eigenvalue weighted by atomic mass is 19.1. The minimum Gasteiger partial charge on any atom is -0.489 e. The molecule has 0 aromatic heterocycles. The molecule has 0 aliphatic carbocycles. The Bertz CT molecular complexity index is 886. The summed E-state index contributed by atoms with van der Waals surface area (Å²) in [4.78, 5) is 10.8. The topological polar surface area (TPSA) is 55.8 Å². The van der Waals surface area contributed by atoms with Gasteiger partial charge in [-0.3, -0.25) is 4.79 Å². The second kappa shape index (κ2) is 7.22. The van der Waals surface area contributed by atoms with Crippen LogP contribution in [-0.4, -0.2) is 16.7 Å². The van der Waals surface area contributed by atoms with Gasteiger partial charge in [0.15, 0.2) is 0 Å². The highest BCUT2D eigenvalue weighted by Crippen LogP contribution is 2.38. The summed E-state index contributed by atoms with van der Waals surface area (Å²) >= 11 is 0. The largest absolute Gasteiger partial charge is 0.489 e. The smallest absolute Gasteiger partial charge is 0.303 e. The number of rotatable bonds is 6. The number of aryl methyl sites for hydroxylation is 1. The second-order valence-electron chi connectivity index (χ2n) is 7.74. The van der Waals surface area contributed by atoms with Gasteiger partial charge >= 0.3 is 5.97 Å². The summed E-state index contributed by atoms with van der Waals surface area (Å²) in [6.45, 7) is 8.15. The van der Waals surface area contributed by atoms with Gasteiger partial charge in [-0.25, -0.2) is 4.39 Å². The van der Waals surface area contributed by atoms with E-state index in [1.807, 2.05) is 39.8 Å². The van der Waals surface area contributed by atoms with Gasteiger partial charge in [0.2, 0.25) is 0 Å². The molecule has 27 heavy (non-hydrogen) atoms. The van der Waals surface area contributed by atoms with E-state index in [2.05, 4.69) is 0 Å². The van der Waals surface area contributed by atoms with Crippen molar-refractivity contribution in [3.8, 4) is 11.5 Å². The second-order valence-corrected chi connectivity index (χ2v) is 7.74. The molecule has 144 valence electrons. The number of aliphatic carboxylic acids is 1. The van der Waals surface area contributed by atoms with Crippen LogP contribution in [-0.2, 0) is 24.2 Å². The van der Waals surface area contributed by atoms with Crippen LogP contribution in [0.4, 0.5) is 4.39 Å². The summed E-state index contributed by atoms with van der Waals surface area (Å²) in [5.41, 5.74) is 4.45. The van der Waals surface area contributed by atoms with Crippen LogP contribution in [0.2, 0.25) is 0 Å². The maximum atomic E-state index is 14.0. The van der Waals surface area contributed by atoms with E-state index in [4.69, 9.17) is 14.6 Å². The maximum absolute atomic E-state index is 14.0. The minimum atomic E-state index is -0.808. The van der Waals surface area contributed by atoms with E-state index >= 15 is 0 Å². The van der Waals surface area contributed by atoms with E-state index < -0.39 is 5.97 Å². The number of fused-ring (bicyclic) bond motifs is 1. The normalized spacial score (nSPS) is 14.6. The van der Waals surface area contributed by atoms with Crippen LogP contribution in [0.5, 0.6) is 11.5 Å². The molecule has 0 unspecified atom stereocenters. The summed E-state index contributed by atoms with van der Waals surface area (Å²) in [6.07, 6.45) is 1.31.